The van der Waals surface area contributed by atoms with Crippen LogP contribution in [0.5, 0.6) is 17.2 Å². The number of para-hydroxylation sites is 1. The van der Waals surface area contributed by atoms with Gasteiger partial charge in [0, 0.05) is 12.6 Å². The molecule has 154 valence electrons. The molecule has 0 saturated heterocycles. The molecule has 6 nitrogen and oxygen atoms in total. The highest BCUT2D eigenvalue weighted by molar-refractivity contribution is 6.05. The predicted octanol–water partition coefficient (Wildman–Crippen LogP) is 5.72. The van der Waals surface area contributed by atoms with E-state index in [0.29, 0.717) is 22.9 Å². The van der Waals surface area contributed by atoms with E-state index in [9.17, 15) is 19.8 Å². The number of amides is 1. The summed E-state index contributed by atoms with van der Waals surface area (Å²) in [5, 5.41) is 20.9. The highest BCUT2D eigenvalue weighted by Crippen LogP contribution is 2.32. The normalized spacial score (nSPS) is 10.6. The van der Waals surface area contributed by atoms with Crippen molar-refractivity contribution in [1.29, 1.82) is 0 Å². The number of benzene rings is 4. The van der Waals surface area contributed by atoms with Crippen LogP contribution in [0.15, 0.2) is 84.9 Å². The van der Waals surface area contributed by atoms with Crippen LogP contribution < -0.4 is 9.64 Å². The Hall–Kier alpha value is -4.32. The Morgan fingerprint density at radius 2 is 1.45 bits per heavy atom. The summed E-state index contributed by atoms with van der Waals surface area (Å²) in [5.41, 5.74) is 0.872. The van der Waals surface area contributed by atoms with Crippen molar-refractivity contribution in [1.82, 2.24) is 0 Å². The second-order valence-corrected chi connectivity index (χ2v) is 6.97. The fourth-order valence-corrected chi connectivity index (χ4v) is 3.41. The van der Waals surface area contributed by atoms with Crippen molar-refractivity contribution in [2.24, 2.45) is 0 Å². The molecule has 1 amide bonds. The first kappa shape index (κ1) is 20.0. The second kappa shape index (κ2) is 8.20. The number of phenols is 1. The van der Waals surface area contributed by atoms with Gasteiger partial charge in [-0.05, 0) is 71.4 Å². The van der Waals surface area contributed by atoms with Crippen molar-refractivity contribution < 1.29 is 24.5 Å². The van der Waals surface area contributed by atoms with Gasteiger partial charge in [-0.3, -0.25) is 9.69 Å². The number of hydrogen-bond acceptors (Lipinski definition) is 4. The first-order chi connectivity index (χ1) is 14.9. The number of phenolic OH excluding ortho intramolecular Hbond substituents is 1. The number of carbonyl (C=O) groups is 2. The van der Waals surface area contributed by atoms with E-state index < -0.39 is 5.97 Å². The van der Waals surface area contributed by atoms with Gasteiger partial charge in [0.05, 0.1) is 11.3 Å². The molecule has 6 heteroatoms. The predicted molar refractivity (Wildman–Crippen MR) is 118 cm³/mol. The number of nitrogens with zero attached hydrogens (tertiary/aromatic N) is 1. The van der Waals surface area contributed by atoms with Crippen LogP contribution in [0.1, 0.15) is 17.3 Å². The van der Waals surface area contributed by atoms with E-state index in [0.717, 1.165) is 10.8 Å². The SMILES string of the molecule is CC(=O)N(c1ccc(Oc2ccc3cc(O)ccc3c2)cc1)c1ccccc1C(=O)O. The van der Waals surface area contributed by atoms with Gasteiger partial charge in [0.1, 0.15) is 17.2 Å². The van der Waals surface area contributed by atoms with Crippen LogP contribution in [-0.4, -0.2) is 22.1 Å². The van der Waals surface area contributed by atoms with Crippen molar-refractivity contribution in [2.45, 2.75) is 6.92 Å². The molecule has 0 saturated carbocycles. The molecule has 0 aliphatic rings. The fourth-order valence-electron chi connectivity index (χ4n) is 3.41. The van der Waals surface area contributed by atoms with Gasteiger partial charge in [0.25, 0.3) is 0 Å². The van der Waals surface area contributed by atoms with Crippen molar-refractivity contribution in [2.75, 3.05) is 4.90 Å². The number of carbonyl (C=O) groups excluding carboxylic acids is 1. The molecule has 0 aliphatic heterocycles. The summed E-state index contributed by atoms with van der Waals surface area (Å²) in [6.07, 6.45) is 0. The monoisotopic (exact) mass is 413 g/mol. The van der Waals surface area contributed by atoms with Gasteiger partial charge in [-0.1, -0.05) is 24.3 Å². The molecule has 0 fully saturated rings. The Balaban J connectivity index is 1.62. The fraction of sp³-hybridized carbons (Fsp3) is 0.0400. The van der Waals surface area contributed by atoms with E-state index in [1.54, 1.807) is 60.7 Å². The number of hydrogen-bond donors (Lipinski definition) is 2. The third-order valence-corrected chi connectivity index (χ3v) is 4.82. The van der Waals surface area contributed by atoms with Crippen molar-refractivity contribution in [3.8, 4) is 17.2 Å². The summed E-state index contributed by atoms with van der Waals surface area (Å²) in [5.74, 6) is -0.00897. The van der Waals surface area contributed by atoms with Crippen LogP contribution in [0.3, 0.4) is 0 Å². The maximum absolute atomic E-state index is 12.3. The second-order valence-electron chi connectivity index (χ2n) is 6.97. The number of fused-ring (bicyclic) bond motifs is 1. The van der Waals surface area contributed by atoms with Crippen LogP contribution in [0.25, 0.3) is 10.8 Å². The summed E-state index contributed by atoms with van der Waals surface area (Å²) in [6.45, 7) is 1.38. The van der Waals surface area contributed by atoms with Crippen molar-refractivity contribution in [3.63, 3.8) is 0 Å². The van der Waals surface area contributed by atoms with Gasteiger partial charge < -0.3 is 14.9 Å². The molecule has 0 radical (unpaired) electrons. The molecule has 0 bridgehead atoms. The van der Waals surface area contributed by atoms with Crippen LogP contribution >= 0.6 is 0 Å². The Kier molecular flexibility index (Phi) is 5.28. The average Bonchev–Trinajstić information content (AvgIpc) is 2.75. The highest BCUT2D eigenvalue weighted by Gasteiger charge is 2.20. The van der Waals surface area contributed by atoms with Gasteiger partial charge >= 0.3 is 5.97 Å². The van der Waals surface area contributed by atoms with Gasteiger partial charge in [0.15, 0.2) is 0 Å². The number of anilines is 2. The molecule has 0 aromatic heterocycles. The van der Waals surface area contributed by atoms with E-state index in [4.69, 9.17) is 4.74 Å². The molecular weight excluding hydrogens is 394 g/mol. The number of rotatable bonds is 5. The summed E-state index contributed by atoms with van der Waals surface area (Å²) in [4.78, 5) is 25.3. The molecular formula is C25H19NO5. The Bertz CT molecular complexity index is 1280. The third-order valence-electron chi connectivity index (χ3n) is 4.82. The Morgan fingerprint density at radius 3 is 2.16 bits per heavy atom. The lowest BCUT2D eigenvalue weighted by molar-refractivity contribution is -0.115. The zero-order valence-electron chi connectivity index (χ0n) is 16.6. The van der Waals surface area contributed by atoms with Crippen LogP contribution in [0, 0.1) is 0 Å². The van der Waals surface area contributed by atoms with E-state index in [2.05, 4.69) is 0 Å². The molecule has 4 rings (SSSR count). The molecule has 0 spiro atoms. The molecule has 0 unspecified atom stereocenters. The summed E-state index contributed by atoms with van der Waals surface area (Å²) >= 11 is 0. The van der Waals surface area contributed by atoms with Crippen LogP contribution in [0.2, 0.25) is 0 Å². The molecule has 2 N–H and O–H groups in total. The number of ether oxygens (including phenoxy) is 1. The lowest BCUT2D eigenvalue weighted by atomic mass is 10.1. The lowest BCUT2D eigenvalue weighted by Crippen LogP contribution is -2.24. The van der Waals surface area contributed by atoms with E-state index in [1.165, 1.54) is 17.9 Å². The third kappa shape index (κ3) is 4.18. The number of carboxylic acids is 1. The Morgan fingerprint density at radius 1 is 0.806 bits per heavy atom. The van der Waals surface area contributed by atoms with Crippen molar-refractivity contribution >= 4 is 34.0 Å². The maximum Gasteiger partial charge on any atom is 0.337 e. The van der Waals surface area contributed by atoms with Gasteiger partial charge in [-0.15, -0.1) is 0 Å². The van der Waals surface area contributed by atoms with E-state index >= 15 is 0 Å². The quantitative estimate of drug-likeness (QED) is 0.437. The van der Waals surface area contributed by atoms with Gasteiger partial charge in [-0.2, -0.15) is 0 Å². The summed E-state index contributed by atoms with van der Waals surface area (Å²) in [6, 6.07) is 23.9. The highest BCUT2D eigenvalue weighted by atomic mass is 16.5. The van der Waals surface area contributed by atoms with E-state index in [1.807, 2.05) is 18.2 Å². The zero-order chi connectivity index (χ0) is 22.0. The number of carboxylic acid groups (broad SMARTS) is 1. The number of aromatic carboxylic acids is 1. The maximum atomic E-state index is 12.3. The lowest BCUT2D eigenvalue weighted by Gasteiger charge is -2.23. The van der Waals surface area contributed by atoms with Gasteiger partial charge in [-0.25, -0.2) is 4.79 Å². The molecule has 0 heterocycles. The van der Waals surface area contributed by atoms with E-state index in [-0.39, 0.29) is 17.2 Å². The van der Waals surface area contributed by atoms with Gasteiger partial charge in [0.2, 0.25) is 5.91 Å². The largest absolute Gasteiger partial charge is 0.508 e. The first-order valence-electron chi connectivity index (χ1n) is 9.56. The Labute approximate surface area is 178 Å². The molecule has 0 atom stereocenters. The summed E-state index contributed by atoms with van der Waals surface area (Å²) in [7, 11) is 0. The molecule has 4 aromatic rings. The summed E-state index contributed by atoms with van der Waals surface area (Å²) < 4.78 is 5.92. The zero-order valence-corrected chi connectivity index (χ0v) is 16.6. The molecule has 31 heavy (non-hydrogen) atoms. The molecule has 0 aliphatic carbocycles. The minimum Gasteiger partial charge on any atom is -0.508 e. The molecule has 4 aromatic carbocycles. The number of aromatic hydroxyl groups is 1. The topological polar surface area (TPSA) is 87.1 Å². The minimum absolute atomic E-state index is 0.0419. The standard InChI is InChI=1S/C25H19NO5/c1-16(27)26(24-5-3-2-4-23(24)25(29)30)19-8-12-21(13-9-19)31-22-11-7-17-14-20(28)10-6-18(17)15-22/h2-15,28H,1H3,(H,29,30). The van der Waals surface area contributed by atoms with Crippen molar-refractivity contribution in [3.05, 3.63) is 90.5 Å². The van der Waals surface area contributed by atoms with Crippen LogP contribution in [0.4, 0.5) is 11.4 Å². The minimum atomic E-state index is -1.11. The van der Waals surface area contributed by atoms with Crippen LogP contribution in [-0.2, 0) is 4.79 Å². The first-order valence-corrected chi connectivity index (χ1v) is 9.56. The average molecular weight is 413 g/mol. The smallest absolute Gasteiger partial charge is 0.337 e.